The number of benzene rings is 4. The molecular formula is C26H20ClN3SSe. The van der Waals surface area contributed by atoms with Crippen molar-refractivity contribution in [2.24, 2.45) is 0 Å². The van der Waals surface area contributed by atoms with E-state index < -0.39 is 3.77 Å². The summed E-state index contributed by atoms with van der Waals surface area (Å²) in [6.45, 7) is 2.11. The van der Waals surface area contributed by atoms with E-state index in [1.807, 2.05) is 42.1 Å². The topological polar surface area (TPSA) is 30.7 Å². The number of para-hydroxylation sites is 1. The van der Waals surface area contributed by atoms with E-state index in [1.165, 1.54) is 14.9 Å². The van der Waals surface area contributed by atoms with E-state index in [0.29, 0.717) is 0 Å². The Labute approximate surface area is 203 Å². The van der Waals surface area contributed by atoms with E-state index in [9.17, 15) is 0 Å². The average molecular weight is 521 g/mol. The number of aromatic nitrogens is 3. The summed E-state index contributed by atoms with van der Waals surface area (Å²) in [7, 11) is 0. The van der Waals surface area contributed by atoms with Crippen LogP contribution in [0.3, 0.4) is 0 Å². The van der Waals surface area contributed by atoms with Gasteiger partial charge in [0.15, 0.2) is 0 Å². The fraction of sp³-hybridized carbons (Fsp3) is 0.0769. The third-order valence-corrected chi connectivity index (χ3v) is 10.0. The minimum atomic E-state index is -0.496. The number of nitrogens with zero attached hydrogens (tertiary/aromatic N) is 3. The van der Waals surface area contributed by atoms with Crippen LogP contribution in [0.1, 0.15) is 11.1 Å². The van der Waals surface area contributed by atoms with Gasteiger partial charge in [-0.1, -0.05) is 0 Å². The Morgan fingerprint density at radius 3 is 2.25 bits per heavy atom. The fourth-order valence-corrected chi connectivity index (χ4v) is 8.39. The van der Waals surface area contributed by atoms with Crippen LogP contribution in [0.5, 0.6) is 0 Å². The molecule has 1 atom stereocenters. The zero-order chi connectivity index (χ0) is 22.0. The number of hydrogen-bond donors (Lipinski definition) is 0. The third-order valence-electron chi connectivity index (χ3n) is 5.12. The third kappa shape index (κ3) is 4.22. The normalized spacial score (nSPS) is 13.2. The molecule has 0 aliphatic carbocycles. The van der Waals surface area contributed by atoms with Crippen LogP contribution in [0, 0.1) is 6.92 Å². The van der Waals surface area contributed by atoms with Crippen molar-refractivity contribution in [1.29, 1.82) is 0 Å². The zero-order valence-electron chi connectivity index (χ0n) is 17.4. The van der Waals surface area contributed by atoms with Crippen LogP contribution in [-0.2, 0) is 3.77 Å². The molecule has 0 spiro atoms. The first-order valence-electron chi connectivity index (χ1n) is 10.2. The number of hydrogen-bond acceptors (Lipinski definition) is 3. The van der Waals surface area contributed by atoms with Crippen LogP contribution in [0.25, 0.3) is 11.0 Å². The quantitative estimate of drug-likeness (QED) is 0.207. The van der Waals surface area contributed by atoms with E-state index >= 15 is 0 Å². The van der Waals surface area contributed by atoms with E-state index in [1.54, 1.807) is 0 Å². The Bertz CT molecular complexity index is 1340. The van der Waals surface area contributed by atoms with Crippen molar-refractivity contribution < 1.29 is 0 Å². The van der Waals surface area contributed by atoms with Gasteiger partial charge in [-0.3, -0.25) is 0 Å². The standard InChI is InChI=1S/C26H20ClN3SSe/c1-19-11-17-22(18-12-19)31-26(20-13-15-21(27)16-14-20,32-23-7-3-2-4-8-23)30-25-10-6-5-9-24(25)28-29-30/h2-18H,1H3. The van der Waals surface area contributed by atoms with Crippen molar-refractivity contribution in [3.05, 3.63) is 119 Å². The van der Waals surface area contributed by atoms with Gasteiger partial charge in [-0.05, 0) is 0 Å². The molecule has 0 radical (unpaired) electrons. The van der Waals surface area contributed by atoms with E-state index in [-0.39, 0.29) is 15.0 Å². The van der Waals surface area contributed by atoms with Gasteiger partial charge in [-0.2, -0.15) is 0 Å². The van der Waals surface area contributed by atoms with Crippen LogP contribution in [-0.4, -0.2) is 30.0 Å². The molecule has 0 fully saturated rings. The summed E-state index contributed by atoms with van der Waals surface area (Å²) in [5, 5.41) is 9.93. The molecule has 5 aromatic rings. The number of thioether (sulfide) groups is 1. The first-order chi connectivity index (χ1) is 15.6. The Balaban J connectivity index is 1.77. The maximum absolute atomic E-state index is 6.28. The van der Waals surface area contributed by atoms with Gasteiger partial charge in [-0.15, -0.1) is 0 Å². The van der Waals surface area contributed by atoms with E-state index in [4.69, 9.17) is 16.8 Å². The second kappa shape index (κ2) is 9.13. The summed E-state index contributed by atoms with van der Waals surface area (Å²) >= 11 is 8.08. The summed E-state index contributed by atoms with van der Waals surface area (Å²) in [4.78, 5) is 1.18. The Kier molecular flexibility index (Phi) is 6.07. The van der Waals surface area contributed by atoms with Gasteiger partial charge in [0.2, 0.25) is 0 Å². The molecule has 1 heterocycles. The Morgan fingerprint density at radius 1 is 0.812 bits per heavy atom. The first kappa shape index (κ1) is 21.3. The molecule has 6 heteroatoms. The molecule has 32 heavy (non-hydrogen) atoms. The molecule has 0 saturated carbocycles. The van der Waals surface area contributed by atoms with E-state index in [2.05, 4.69) is 89.5 Å². The van der Waals surface area contributed by atoms with Gasteiger partial charge in [0.1, 0.15) is 0 Å². The van der Waals surface area contributed by atoms with Gasteiger partial charge in [-0.25, -0.2) is 0 Å². The molecule has 0 aliphatic rings. The summed E-state index contributed by atoms with van der Waals surface area (Å²) in [6.07, 6.45) is 0. The van der Waals surface area contributed by atoms with Gasteiger partial charge in [0, 0.05) is 0 Å². The van der Waals surface area contributed by atoms with Crippen LogP contribution >= 0.6 is 23.4 Å². The summed E-state index contributed by atoms with van der Waals surface area (Å²) in [6, 6.07) is 35.6. The Hall–Kier alpha value is -2.56. The summed E-state index contributed by atoms with van der Waals surface area (Å²) in [5.74, 6) is 0. The molecule has 0 aliphatic heterocycles. The van der Waals surface area contributed by atoms with Crippen LogP contribution < -0.4 is 4.46 Å². The molecule has 0 N–H and O–H groups in total. The molecule has 1 unspecified atom stereocenters. The van der Waals surface area contributed by atoms with Gasteiger partial charge < -0.3 is 0 Å². The molecule has 1 aromatic heterocycles. The molecule has 4 aromatic carbocycles. The molecular weight excluding hydrogens is 501 g/mol. The van der Waals surface area contributed by atoms with Crippen molar-refractivity contribution in [2.45, 2.75) is 15.6 Å². The number of rotatable bonds is 6. The number of halogens is 1. The van der Waals surface area contributed by atoms with Crippen molar-refractivity contribution in [3.63, 3.8) is 0 Å². The zero-order valence-corrected chi connectivity index (χ0v) is 20.6. The van der Waals surface area contributed by atoms with Crippen LogP contribution in [0.4, 0.5) is 0 Å². The van der Waals surface area contributed by atoms with E-state index in [0.717, 1.165) is 21.6 Å². The van der Waals surface area contributed by atoms with Gasteiger partial charge in [0.05, 0.1) is 0 Å². The van der Waals surface area contributed by atoms with Crippen molar-refractivity contribution >= 4 is 53.8 Å². The first-order valence-corrected chi connectivity index (χ1v) is 13.1. The summed E-state index contributed by atoms with van der Waals surface area (Å²) < 4.78 is 2.89. The minimum absolute atomic E-state index is 0.0197. The van der Waals surface area contributed by atoms with Crippen LogP contribution in [0.15, 0.2) is 108 Å². The predicted octanol–water partition coefficient (Wildman–Crippen LogP) is 5.87. The van der Waals surface area contributed by atoms with Crippen molar-refractivity contribution in [2.75, 3.05) is 0 Å². The molecule has 0 bridgehead atoms. The second-order valence-electron chi connectivity index (χ2n) is 7.41. The fourth-order valence-electron chi connectivity index (χ4n) is 3.51. The molecule has 0 amide bonds. The monoisotopic (exact) mass is 521 g/mol. The van der Waals surface area contributed by atoms with Gasteiger partial charge in [0.25, 0.3) is 0 Å². The van der Waals surface area contributed by atoms with Crippen molar-refractivity contribution in [1.82, 2.24) is 15.0 Å². The average Bonchev–Trinajstić information content (AvgIpc) is 3.26. The number of fused-ring (bicyclic) bond motifs is 1. The predicted molar refractivity (Wildman–Crippen MR) is 135 cm³/mol. The molecule has 3 nitrogen and oxygen atoms in total. The molecule has 5 rings (SSSR count). The maximum atomic E-state index is 6.28. The molecule has 158 valence electrons. The van der Waals surface area contributed by atoms with Gasteiger partial charge >= 0.3 is 204 Å². The van der Waals surface area contributed by atoms with Crippen LogP contribution in [0.2, 0.25) is 5.02 Å². The summed E-state index contributed by atoms with van der Waals surface area (Å²) in [5.41, 5.74) is 4.29. The number of aryl methyl sites for hydroxylation is 1. The molecule has 0 saturated heterocycles. The Morgan fingerprint density at radius 2 is 1.50 bits per heavy atom. The SMILES string of the molecule is Cc1ccc(SC([Se]c2ccccc2)(c2ccc(Cl)cc2)n2nnc3ccccc32)cc1. The second-order valence-corrected chi connectivity index (χ2v) is 12.4. The van der Waals surface area contributed by atoms with Crippen molar-refractivity contribution in [3.8, 4) is 0 Å².